The molecule has 0 aliphatic carbocycles. The fourth-order valence-corrected chi connectivity index (χ4v) is 2.84. The molecule has 9 nitrogen and oxygen atoms in total. The second-order valence-electron chi connectivity index (χ2n) is 5.71. The van der Waals surface area contributed by atoms with Gasteiger partial charge >= 0.3 is 17.8 Å². The summed E-state index contributed by atoms with van der Waals surface area (Å²) in [4.78, 5) is 23.5. The number of carbonyl (C=O) groups is 1. The van der Waals surface area contributed by atoms with Crippen molar-refractivity contribution in [2.24, 2.45) is 7.05 Å². The summed E-state index contributed by atoms with van der Waals surface area (Å²) in [6.07, 6.45) is -2.19. The number of aryl methyl sites for hydroxylation is 1. The summed E-state index contributed by atoms with van der Waals surface area (Å²) >= 11 is 0. The molecule has 1 aromatic heterocycles. The largest absolute Gasteiger partial charge is 0.504 e. The molecule has 144 valence electrons. The van der Waals surface area contributed by atoms with Crippen molar-refractivity contribution in [1.29, 1.82) is 0 Å². The normalized spacial score (nSPS) is 20.0. The molecule has 0 radical (unpaired) electrons. The molecule has 1 saturated heterocycles. The molecule has 0 aromatic carbocycles. The van der Waals surface area contributed by atoms with Gasteiger partial charge in [-0.25, -0.2) is 4.68 Å². The maximum absolute atomic E-state index is 12.6. The van der Waals surface area contributed by atoms with Gasteiger partial charge in [0.1, 0.15) is 6.20 Å². The smallest absolute Gasteiger partial charge is 0.471 e. The van der Waals surface area contributed by atoms with Crippen molar-refractivity contribution in [3.8, 4) is 0 Å². The second kappa shape index (κ2) is 7.62. The van der Waals surface area contributed by atoms with Crippen LogP contribution in [0.3, 0.4) is 0 Å². The van der Waals surface area contributed by atoms with Gasteiger partial charge in [-0.1, -0.05) is 0 Å². The van der Waals surface area contributed by atoms with E-state index in [1.807, 2.05) is 5.32 Å². The third-order valence-electron chi connectivity index (χ3n) is 4.02. The van der Waals surface area contributed by atoms with E-state index in [4.69, 9.17) is 4.74 Å². The molecule has 0 saturated carbocycles. The van der Waals surface area contributed by atoms with Crippen LogP contribution in [0.5, 0.6) is 0 Å². The lowest BCUT2D eigenvalue weighted by atomic mass is 10.0. The van der Waals surface area contributed by atoms with E-state index in [2.05, 4.69) is 5.10 Å². The topological polar surface area (TPSA) is 103 Å². The van der Waals surface area contributed by atoms with Crippen LogP contribution >= 0.6 is 0 Å². The molecular weight excluding hydrogens is 359 g/mol. The quantitative estimate of drug-likeness (QED) is 0.485. The average Bonchev–Trinajstić information content (AvgIpc) is 2.83. The number of methoxy groups -OCH3 is 1. The van der Waals surface area contributed by atoms with Gasteiger partial charge in [-0.05, 0) is 18.4 Å². The lowest BCUT2D eigenvalue weighted by Gasteiger charge is -2.22. The lowest BCUT2D eigenvalue weighted by molar-refractivity contribution is -0.384. The van der Waals surface area contributed by atoms with Crippen molar-refractivity contribution in [2.45, 2.75) is 25.1 Å². The number of anilines is 1. The Hall–Kier alpha value is -2.79. The first-order valence-electron chi connectivity index (χ1n) is 7.66. The highest BCUT2D eigenvalue weighted by Gasteiger charge is 2.40. The number of carbonyl (C=O) groups excluding carboxylic acids is 1. The van der Waals surface area contributed by atoms with Crippen LogP contribution in [0.4, 0.5) is 24.7 Å². The van der Waals surface area contributed by atoms with Gasteiger partial charge in [-0.3, -0.25) is 14.9 Å². The predicted octanol–water partition coefficient (Wildman–Crippen LogP) is 1.51. The molecule has 1 atom stereocenters. The molecule has 1 amide bonds. The van der Waals surface area contributed by atoms with Gasteiger partial charge in [0.15, 0.2) is 0 Å². The minimum absolute atomic E-state index is 0.124. The highest BCUT2D eigenvalue weighted by atomic mass is 19.4. The summed E-state index contributed by atoms with van der Waals surface area (Å²) < 4.78 is 43.9. The third kappa shape index (κ3) is 4.24. The van der Waals surface area contributed by atoms with Gasteiger partial charge in [0.2, 0.25) is 5.82 Å². The molecule has 1 aliphatic heterocycles. The summed E-state index contributed by atoms with van der Waals surface area (Å²) in [6, 6.07) is -0.888. The molecule has 0 unspecified atom stereocenters. The number of nitro groups is 1. The molecule has 12 heteroatoms. The highest BCUT2D eigenvalue weighted by Crippen LogP contribution is 2.30. The van der Waals surface area contributed by atoms with Gasteiger partial charge in [-0.15, -0.1) is 0 Å². The van der Waals surface area contributed by atoms with Crippen LogP contribution in [0.15, 0.2) is 18.0 Å². The number of nitrogens with one attached hydrogen (secondary N) is 1. The van der Waals surface area contributed by atoms with Crippen molar-refractivity contribution in [3.63, 3.8) is 0 Å². The van der Waals surface area contributed by atoms with E-state index in [1.165, 1.54) is 18.1 Å². The number of amides is 1. The van der Waals surface area contributed by atoms with Crippen molar-refractivity contribution in [1.82, 2.24) is 15.1 Å². The maximum atomic E-state index is 12.6. The number of hydrogen-bond donors (Lipinski definition) is 1. The molecule has 26 heavy (non-hydrogen) atoms. The number of alkyl halides is 3. The number of aromatic nitrogens is 2. The molecule has 1 fully saturated rings. The number of ether oxygens (including phenoxy) is 1. The molecule has 0 bridgehead atoms. The van der Waals surface area contributed by atoms with E-state index in [0.717, 1.165) is 6.20 Å². The van der Waals surface area contributed by atoms with Crippen LogP contribution in [-0.4, -0.2) is 53.0 Å². The first-order chi connectivity index (χ1) is 12.1. The van der Waals surface area contributed by atoms with Gasteiger partial charge in [-0.2, -0.15) is 18.3 Å². The first-order valence-corrected chi connectivity index (χ1v) is 7.66. The number of halogens is 3. The Kier molecular flexibility index (Phi) is 5.73. The van der Waals surface area contributed by atoms with E-state index in [0.29, 0.717) is 12.1 Å². The highest BCUT2D eigenvalue weighted by molar-refractivity contribution is 5.82. The molecule has 1 aliphatic rings. The zero-order valence-corrected chi connectivity index (χ0v) is 14.1. The van der Waals surface area contributed by atoms with Gasteiger partial charge in [0, 0.05) is 20.1 Å². The predicted molar refractivity (Wildman–Crippen MR) is 84.4 cm³/mol. The third-order valence-corrected chi connectivity index (χ3v) is 4.02. The van der Waals surface area contributed by atoms with Crippen LogP contribution < -0.4 is 10.2 Å². The van der Waals surface area contributed by atoms with E-state index < -0.39 is 23.0 Å². The summed E-state index contributed by atoms with van der Waals surface area (Å²) in [5, 5.41) is 17.0. The molecule has 2 heterocycles. The van der Waals surface area contributed by atoms with Crippen molar-refractivity contribution in [3.05, 3.63) is 28.1 Å². The number of nitrogens with zero attached hydrogens (tertiary/aromatic N) is 4. The van der Waals surface area contributed by atoms with E-state index >= 15 is 0 Å². The zero-order chi connectivity index (χ0) is 19.5. The first kappa shape index (κ1) is 19.5. The van der Waals surface area contributed by atoms with Gasteiger partial charge in [0.05, 0.1) is 24.3 Å². The van der Waals surface area contributed by atoms with Crippen molar-refractivity contribution < 1.29 is 27.6 Å². The Morgan fingerprint density at radius 3 is 2.77 bits per heavy atom. The zero-order valence-electron chi connectivity index (χ0n) is 14.1. The Balaban J connectivity index is 2.24. The van der Waals surface area contributed by atoms with Crippen LogP contribution in [0.25, 0.3) is 0 Å². The summed E-state index contributed by atoms with van der Waals surface area (Å²) in [7, 11) is 2.90. The molecule has 1 N–H and O–H groups in total. The fraction of sp³-hybridized carbons (Fsp3) is 0.571. The van der Waals surface area contributed by atoms with Crippen molar-refractivity contribution >= 4 is 17.4 Å². The summed E-state index contributed by atoms with van der Waals surface area (Å²) in [5.74, 6) is -1.78. The lowest BCUT2D eigenvalue weighted by Crippen LogP contribution is -2.44. The maximum Gasteiger partial charge on any atom is 0.471 e. The number of rotatable bonds is 4. The minimum Gasteiger partial charge on any atom is -0.504 e. The van der Waals surface area contributed by atoms with E-state index in [1.54, 1.807) is 11.9 Å². The van der Waals surface area contributed by atoms with Crippen LogP contribution in [0.2, 0.25) is 0 Å². The van der Waals surface area contributed by atoms with Crippen LogP contribution in [-0.2, 0) is 16.6 Å². The molecule has 1 aromatic rings. The van der Waals surface area contributed by atoms with Gasteiger partial charge in [0.25, 0.3) is 0 Å². The Bertz CT molecular complexity index is 716. The summed E-state index contributed by atoms with van der Waals surface area (Å²) in [5.41, 5.74) is 0.278. The Morgan fingerprint density at radius 1 is 1.50 bits per heavy atom. The fourth-order valence-electron chi connectivity index (χ4n) is 2.84. The van der Waals surface area contributed by atoms with Crippen LogP contribution in [0.1, 0.15) is 12.8 Å². The number of hydrogen-bond acceptors (Lipinski definition) is 6. The average molecular weight is 377 g/mol. The Morgan fingerprint density at radius 2 is 2.19 bits per heavy atom. The van der Waals surface area contributed by atoms with Crippen LogP contribution in [0, 0.1) is 10.1 Å². The molecule has 0 spiro atoms. The molecule has 2 rings (SSSR count). The monoisotopic (exact) mass is 377 g/mol. The molecular formula is C14H18F3N5O4. The van der Waals surface area contributed by atoms with E-state index in [9.17, 15) is 28.1 Å². The SMILES string of the molecule is COC=C1CCN(c2c([N+](=O)[O-])cnn2C)CC[C@H]1NC(=O)C(F)(F)F. The van der Waals surface area contributed by atoms with E-state index in [-0.39, 0.29) is 30.9 Å². The standard InChI is InChI=1S/C14H18F3N5O4/c1-20-12(11(7-18-20)22(24)25)21-5-3-9(8-26-2)10(4-6-21)19-13(23)14(15,16)17/h7-8,10H,3-6H2,1-2H3,(H,19,23)/t10-/m1/s1. The minimum atomic E-state index is -5.00. The second-order valence-corrected chi connectivity index (χ2v) is 5.71. The van der Waals surface area contributed by atoms with Crippen molar-refractivity contribution in [2.75, 3.05) is 25.1 Å². The Labute approximate surface area is 146 Å². The summed E-state index contributed by atoms with van der Waals surface area (Å²) in [6.45, 7) is 0.498. The van der Waals surface area contributed by atoms with Gasteiger partial charge < -0.3 is 15.0 Å².